The summed E-state index contributed by atoms with van der Waals surface area (Å²) in [7, 11) is -3.03. The van der Waals surface area contributed by atoms with E-state index in [-0.39, 0.29) is 0 Å². The van der Waals surface area contributed by atoms with Gasteiger partial charge in [-0.25, -0.2) is 0 Å². The van der Waals surface area contributed by atoms with Crippen LogP contribution in [0.5, 0.6) is 0 Å². The van der Waals surface area contributed by atoms with E-state index < -0.39 is 8.07 Å². The molecule has 2 aromatic heterocycles. The average molecular weight is 895 g/mol. The van der Waals surface area contributed by atoms with Gasteiger partial charge in [0.05, 0.1) is 33.4 Å². The van der Waals surface area contributed by atoms with Crippen LogP contribution < -0.4 is 20.7 Å². The van der Waals surface area contributed by atoms with Gasteiger partial charge in [0.15, 0.2) is 8.07 Å². The lowest BCUT2D eigenvalue weighted by molar-refractivity contribution is 1.17. The van der Waals surface area contributed by atoms with E-state index in [0.29, 0.717) is 0 Å². The van der Waals surface area contributed by atoms with Gasteiger partial charge in [0, 0.05) is 32.7 Å². The Balaban J connectivity index is 1.13. The van der Waals surface area contributed by atoms with Crippen LogP contribution in [-0.2, 0) is 0 Å². The van der Waals surface area contributed by atoms with E-state index in [9.17, 15) is 0 Å². The molecule has 13 rings (SSSR count). The third kappa shape index (κ3) is 6.47. The van der Waals surface area contributed by atoms with Gasteiger partial charge in [-0.2, -0.15) is 0 Å². The number of fused-ring (bicyclic) bond motifs is 6. The number of hydrogen-bond acceptors (Lipinski definition) is 0. The zero-order valence-corrected chi connectivity index (χ0v) is 39.0. The highest BCUT2D eigenvalue weighted by Gasteiger charge is 2.43. The highest BCUT2D eigenvalue weighted by atomic mass is 28.3. The third-order valence-corrected chi connectivity index (χ3v) is 19.1. The summed E-state index contributed by atoms with van der Waals surface area (Å²) in [6.45, 7) is 0. The van der Waals surface area contributed by atoms with Crippen molar-refractivity contribution >= 4 is 72.4 Å². The maximum Gasteiger partial charge on any atom is 0.180 e. The normalized spacial score (nSPS) is 11.8. The lowest BCUT2D eigenvalue weighted by Gasteiger charge is -2.35. The van der Waals surface area contributed by atoms with Crippen LogP contribution >= 0.6 is 0 Å². The second-order valence-corrected chi connectivity index (χ2v) is 21.7. The zero-order chi connectivity index (χ0) is 45.7. The molecule has 0 saturated carbocycles. The number of benzene rings is 11. The molecule has 13 aromatic rings. The molecule has 0 radical (unpaired) electrons. The Hall–Kier alpha value is -8.76. The van der Waals surface area contributed by atoms with E-state index in [1.165, 1.54) is 97.9 Å². The first-order chi connectivity index (χ1) is 34.3. The van der Waals surface area contributed by atoms with Crippen molar-refractivity contribution in [3.05, 3.63) is 279 Å². The second-order valence-electron chi connectivity index (χ2n) is 17.9. The van der Waals surface area contributed by atoms with Crippen molar-refractivity contribution in [3.8, 4) is 44.8 Å². The van der Waals surface area contributed by atoms with E-state index in [4.69, 9.17) is 0 Å². The quantitative estimate of drug-likeness (QED) is 0.101. The minimum atomic E-state index is -3.03. The Kier molecular flexibility index (Phi) is 9.88. The van der Waals surface area contributed by atoms with E-state index in [2.05, 4.69) is 288 Å². The average Bonchev–Trinajstić information content (AvgIpc) is 3.96. The zero-order valence-electron chi connectivity index (χ0n) is 38.0. The first-order valence-corrected chi connectivity index (χ1v) is 25.9. The molecule has 3 heteroatoms. The number of para-hydroxylation sites is 3. The molecule has 0 N–H and O–H groups in total. The van der Waals surface area contributed by atoms with Gasteiger partial charge in [-0.05, 0) is 73.3 Å². The Morgan fingerprint density at radius 2 is 0.638 bits per heavy atom. The maximum absolute atomic E-state index is 3.03. The predicted molar refractivity (Wildman–Crippen MR) is 295 cm³/mol. The second kappa shape index (κ2) is 16.8. The molecule has 2 heterocycles. The van der Waals surface area contributed by atoms with Gasteiger partial charge < -0.3 is 9.13 Å². The Bertz CT molecular complexity index is 3870. The van der Waals surface area contributed by atoms with Crippen molar-refractivity contribution in [1.29, 1.82) is 0 Å². The molecule has 0 unspecified atom stereocenters. The van der Waals surface area contributed by atoms with Gasteiger partial charge in [-0.1, -0.05) is 249 Å². The van der Waals surface area contributed by atoms with Crippen LogP contribution in [-0.4, -0.2) is 17.2 Å². The fraction of sp³-hybridized carbons (Fsp3) is 0. The fourth-order valence-corrected chi connectivity index (χ4v) is 16.4. The summed E-state index contributed by atoms with van der Waals surface area (Å²) < 4.78 is 5.09. The summed E-state index contributed by atoms with van der Waals surface area (Å²) in [5.74, 6) is 0. The monoisotopic (exact) mass is 894 g/mol. The van der Waals surface area contributed by atoms with Crippen molar-refractivity contribution in [2.24, 2.45) is 0 Å². The number of nitrogens with zero attached hydrogens (tertiary/aromatic N) is 2. The molecule has 0 aliphatic heterocycles. The van der Waals surface area contributed by atoms with E-state index in [0.717, 1.165) is 11.2 Å². The smallest absolute Gasteiger partial charge is 0.180 e. The lowest BCUT2D eigenvalue weighted by Crippen LogP contribution is -2.74. The van der Waals surface area contributed by atoms with Crippen molar-refractivity contribution in [1.82, 2.24) is 9.13 Å². The molecule has 0 amide bonds. The topological polar surface area (TPSA) is 9.86 Å². The van der Waals surface area contributed by atoms with Crippen molar-refractivity contribution in [3.63, 3.8) is 0 Å². The third-order valence-electron chi connectivity index (χ3n) is 14.3. The van der Waals surface area contributed by atoms with E-state index in [1.54, 1.807) is 0 Å². The van der Waals surface area contributed by atoms with Gasteiger partial charge in [0.1, 0.15) is 0 Å². The predicted octanol–water partition coefficient (Wildman–Crippen LogP) is 14.3. The molecule has 0 aliphatic rings. The maximum atomic E-state index is 2.56. The molecule has 2 nitrogen and oxygen atoms in total. The highest BCUT2D eigenvalue weighted by molar-refractivity contribution is 7.20. The van der Waals surface area contributed by atoms with Gasteiger partial charge in [0.25, 0.3) is 0 Å². The minimum Gasteiger partial charge on any atom is -0.309 e. The van der Waals surface area contributed by atoms with E-state index in [1.807, 2.05) is 0 Å². The summed E-state index contributed by atoms with van der Waals surface area (Å²) >= 11 is 0. The lowest BCUT2D eigenvalue weighted by atomic mass is 9.95. The van der Waals surface area contributed by atoms with Gasteiger partial charge >= 0.3 is 0 Å². The molecular weight excluding hydrogens is 849 g/mol. The van der Waals surface area contributed by atoms with Crippen molar-refractivity contribution < 1.29 is 0 Å². The summed E-state index contributed by atoms with van der Waals surface area (Å²) in [6, 6.07) is 103. The van der Waals surface area contributed by atoms with Crippen molar-refractivity contribution in [2.75, 3.05) is 0 Å². The number of hydrogen-bond donors (Lipinski definition) is 0. The number of rotatable bonds is 9. The minimum absolute atomic E-state index is 1.16. The highest BCUT2D eigenvalue weighted by Crippen LogP contribution is 2.44. The largest absolute Gasteiger partial charge is 0.309 e. The van der Waals surface area contributed by atoms with Crippen LogP contribution in [0, 0.1) is 0 Å². The molecular formula is C66H46N2Si. The summed E-state index contributed by atoms with van der Waals surface area (Å²) in [5.41, 5.74) is 14.2. The van der Waals surface area contributed by atoms with Crippen LogP contribution in [0.1, 0.15) is 0 Å². The number of aromatic nitrogens is 2. The van der Waals surface area contributed by atoms with Crippen LogP contribution in [0.2, 0.25) is 0 Å². The first-order valence-electron chi connectivity index (χ1n) is 23.9. The van der Waals surface area contributed by atoms with Crippen LogP contribution in [0.15, 0.2) is 279 Å². The Morgan fingerprint density at radius 1 is 0.246 bits per heavy atom. The molecule has 0 atom stereocenters. The Morgan fingerprint density at radius 3 is 1.20 bits per heavy atom. The van der Waals surface area contributed by atoms with Gasteiger partial charge in [0.2, 0.25) is 0 Å². The summed E-state index contributed by atoms with van der Waals surface area (Å²) in [6.07, 6.45) is 0. The fourth-order valence-electron chi connectivity index (χ4n) is 11.4. The van der Waals surface area contributed by atoms with Crippen LogP contribution in [0.4, 0.5) is 0 Å². The standard InChI is InChI=1S/C66H46N2Si/c1-6-23-47(24-7-1)48-43-45-53(46-44-48)69(51-29-12-4-13-30-51,52-31-14-5-15-32-52)63-42-22-41-62-65(63)57-34-17-18-37-58(57)67(62)60-39-21-40-61-64(60)56-33-16-19-38-59(56)68(61)66-54(49-25-8-2-9-26-49)35-20-36-55(66)50-27-10-3-11-28-50/h1-46H. The molecule has 0 spiro atoms. The van der Waals surface area contributed by atoms with Crippen LogP contribution in [0.25, 0.3) is 88.4 Å². The van der Waals surface area contributed by atoms with Gasteiger partial charge in [-0.15, -0.1) is 0 Å². The van der Waals surface area contributed by atoms with Gasteiger partial charge in [-0.3, -0.25) is 0 Å². The molecule has 11 aromatic carbocycles. The SMILES string of the molecule is c1ccc(-c2ccc([Si](c3ccccc3)(c3ccccc3)c3cccc4c3c3ccccc3n4-c3cccc4c3c3ccccc3n4-c3c(-c4ccccc4)cccc3-c3ccccc3)cc2)cc1. The summed E-state index contributed by atoms with van der Waals surface area (Å²) in [5, 5.41) is 10.4. The molecule has 69 heavy (non-hydrogen) atoms. The van der Waals surface area contributed by atoms with Crippen molar-refractivity contribution in [2.45, 2.75) is 0 Å². The Labute approximate surface area is 403 Å². The summed E-state index contributed by atoms with van der Waals surface area (Å²) in [4.78, 5) is 0. The molecule has 0 saturated heterocycles. The molecule has 0 bridgehead atoms. The molecule has 0 fully saturated rings. The first kappa shape index (κ1) is 40.5. The molecule has 0 aliphatic carbocycles. The van der Waals surface area contributed by atoms with E-state index >= 15 is 0 Å². The van der Waals surface area contributed by atoms with Crippen LogP contribution in [0.3, 0.4) is 0 Å². The molecule has 324 valence electrons.